The Morgan fingerprint density at radius 1 is 1.20 bits per heavy atom. The molecule has 1 aliphatic heterocycles. The van der Waals surface area contributed by atoms with E-state index in [9.17, 15) is 13.2 Å². The molecule has 25 heavy (non-hydrogen) atoms. The molecule has 2 rings (SSSR count). The second-order valence-electron chi connectivity index (χ2n) is 5.92. The zero-order chi connectivity index (χ0) is 18.1. The lowest BCUT2D eigenvalue weighted by atomic mass is 10.2. The van der Waals surface area contributed by atoms with Gasteiger partial charge in [-0.2, -0.15) is 4.31 Å². The van der Waals surface area contributed by atoms with E-state index in [-0.39, 0.29) is 10.8 Å². The summed E-state index contributed by atoms with van der Waals surface area (Å²) in [5, 5.41) is 2.83. The average molecular weight is 366 g/mol. The molecule has 1 aromatic carbocycles. The van der Waals surface area contributed by atoms with Crippen molar-refractivity contribution in [1.82, 2.24) is 9.62 Å². The first-order chi connectivity index (χ1) is 12.0. The van der Waals surface area contributed by atoms with Crippen LogP contribution in [0.3, 0.4) is 0 Å². The number of nitrogens with zero attached hydrogens (tertiary/aromatic N) is 1. The van der Waals surface area contributed by atoms with Crippen LogP contribution in [0.5, 0.6) is 0 Å². The quantitative estimate of drug-likeness (QED) is 0.564. The maximum atomic E-state index is 12.5. The van der Waals surface area contributed by atoms with E-state index in [2.05, 4.69) is 12.2 Å². The maximum Gasteiger partial charge on any atom is 0.243 e. The number of carbonyl (C=O) groups is 1. The molecule has 0 bridgehead atoms. The largest absolute Gasteiger partial charge is 0.379 e. The highest BCUT2D eigenvalue weighted by molar-refractivity contribution is 7.89. The van der Waals surface area contributed by atoms with Gasteiger partial charge in [-0.05, 0) is 30.2 Å². The van der Waals surface area contributed by atoms with Crippen molar-refractivity contribution in [2.24, 2.45) is 0 Å². The zero-order valence-corrected chi connectivity index (χ0v) is 15.4. The smallest absolute Gasteiger partial charge is 0.243 e. The molecule has 1 amide bonds. The number of amides is 1. The van der Waals surface area contributed by atoms with Crippen LogP contribution >= 0.6 is 0 Å². The number of morpholine rings is 1. The molecule has 1 aromatic rings. The number of hydrogen-bond acceptors (Lipinski definition) is 4. The first-order valence-corrected chi connectivity index (χ1v) is 10.1. The first-order valence-electron chi connectivity index (χ1n) is 8.68. The lowest BCUT2D eigenvalue weighted by molar-refractivity contribution is -0.116. The Kier molecular flexibility index (Phi) is 7.61. The minimum Gasteiger partial charge on any atom is -0.379 e. The summed E-state index contributed by atoms with van der Waals surface area (Å²) < 4.78 is 31.7. The summed E-state index contributed by atoms with van der Waals surface area (Å²) in [6.07, 6.45) is 6.34. The van der Waals surface area contributed by atoms with Crippen LogP contribution in [0.25, 0.3) is 6.08 Å². The summed E-state index contributed by atoms with van der Waals surface area (Å²) in [4.78, 5) is 12.0. The summed E-state index contributed by atoms with van der Waals surface area (Å²) in [6.45, 7) is 4.39. The molecular weight excluding hydrogens is 340 g/mol. The van der Waals surface area contributed by atoms with E-state index < -0.39 is 10.0 Å². The number of sulfonamides is 1. The van der Waals surface area contributed by atoms with Gasteiger partial charge in [-0.15, -0.1) is 0 Å². The van der Waals surface area contributed by atoms with Crippen LogP contribution in [0, 0.1) is 0 Å². The minimum atomic E-state index is -3.48. The summed E-state index contributed by atoms with van der Waals surface area (Å²) in [5.41, 5.74) is 0.782. The molecule has 1 fully saturated rings. The number of carbonyl (C=O) groups excluding carboxylic acids is 1. The summed E-state index contributed by atoms with van der Waals surface area (Å²) in [7, 11) is -3.48. The third-order valence-corrected chi connectivity index (χ3v) is 5.91. The van der Waals surface area contributed by atoms with E-state index in [0.717, 1.165) is 24.8 Å². The Hall–Kier alpha value is -1.70. The van der Waals surface area contributed by atoms with E-state index in [4.69, 9.17) is 4.74 Å². The molecule has 0 aliphatic carbocycles. The van der Waals surface area contributed by atoms with Crippen LogP contribution in [0.1, 0.15) is 31.7 Å². The van der Waals surface area contributed by atoms with Crippen molar-refractivity contribution in [3.63, 3.8) is 0 Å². The Balaban J connectivity index is 1.93. The van der Waals surface area contributed by atoms with Gasteiger partial charge < -0.3 is 10.1 Å². The average Bonchev–Trinajstić information content (AvgIpc) is 2.64. The van der Waals surface area contributed by atoms with Crippen LogP contribution in [-0.2, 0) is 19.6 Å². The van der Waals surface area contributed by atoms with Gasteiger partial charge in [0.05, 0.1) is 18.1 Å². The van der Waals surface area contributed by atoms with E-state index >= 15 is 0 Å². The van der Waals surface area contributed by atoms with Crippen molar-refractivity contribution < 1.29 is 17.9 Å². The van der Waals surface area contributed by atoms with Crippen LogP contribution in [0.4, 0.5) is 0 Å². The minimum absolute atomic E-state index is 0.138. The number of rotatable bonds is 8. The lowest BCUT2D eigenvalue weighted by Gasteiger charge is -2.26. The fraction of sp³-hybridized carbons (Fsp3) is 0.500. The Morgan fingerprint density at radius 2 is 1.88 bits per heavy atom. The highest BCUT2D eigenvalue weighted by atomic mass is 32.2. The molecule has 1 N–H and O–H groups in total. The normalized spacial score (nSPS) is 16.2. The Bertz CT molecular complexity index is 678. The monoisotopic (exact) mass is 366 g/mol. The first kappa shape index (κ1) is 19.6. The fourth-order valence-corrected chi connectivity index (χ4v) is 3.91. The maximum absolute atomic E-state index is 12.5. The van der Waals surface area contributed by atoms with Gasteiger partial charge in [-0.3, -0.25) is 4.79 Å². The topological polar surface area (TPSA) is 75.7 Å². The lowest BCUT2D eigenvalue weighted by Crippen LogP contribution is -2.40. The van der Waals surface area contributed by atoms with Gasteiger partial charge in [0.15, 0.2) is 0 Å². The van der Waals surface area contributed by atoms with Gasteiger partial charge in [0.2, 0.25) is 15.9 Å². The van der Waals surface area contributed by atoms with Crippen LogP contribution < -0.4 is 5.32 Å². The molecule has 1 saturated heterocycles. The summed E-state index contributed by atoms with van der Waals surface area (Å²) in [6, 6.07) is 6.55. The van der Waals surface area contributed by atoms with E-state index in [1.165, 1.54) is 10.4 Å². The van der Waals surface area contributed by atoms with Crippen molar-refractivity contribution in [3.8, 4) is 0 Å². The highest BCUT2D eigenvalue weighted by Gasteiger charge is 2.25. The molecule has 0 radical (unpaired) electrons. The van der Waals surface area contributed by atoms with Crippen LogP contribution in [0.15, 0.2) is 35.2 Å². The predicted octanol–water partition coefficient (Wildman–Crippen LogP) is 2.03. The van der Waals surface area contributed by atoms with Crippen LogP contribution in [0.2, 0.25) is 0 Å². The van der Waals surface area contributed by atoms with Crippen molar-refractivity contribution in [2.45, 2.75) is 31.1 Å². The fourth-order valence-electron chi connectivity index (χ4n) is 2.50. The van der Waals surface area contributed by atoms with E-state index in [1.807, 2.05) is 0 Å². The second kappa shape index (κ2) is 9.70. The third-order valence-electron chi connectivity index (χ3n) is 3.99. The number of benzene rings is 1. The molecule has 6 nitrogen and oxygen atoms in total. The number of unbranched alkanes of at least 4 members (excludes halogenated alkanes) is 2. The van der Waals surface area contributed by atoms with Crippen molar-refractivity contribution >= 4 is 22.0 Å². The van der Waals surface area contributed by atoms with Crippen molar-refractivity contribution in [2.75, 3.05) is 32.8 Å². The van der Waals surface area contributed by atoms with Crippen LogP contribution in [-0.4, -0.2) is 51.5 Å². The molecule has 0 aromatic heterocycles. The standard InChI is InChI=1S/C18H26N2O4S/c1-2-3-4-11-19-18(21)10-7-16-5-8-17(9-6-16)25(22,23)20-12-14-24-15-13-20/h5-10H,2-4,11-15H2,1H3,(H,19,21)/b10-7+. The molecule has 0 unspecified atom stereocenters. The van der Waals surface area contributed by atoms with Gasteiger partial charge in [-0.1, -0.05) is 31.9 Å². The molecular formula is C18H26N2O4S. The third kappa shape index (κ3) is 5.95. The van der Waals surface area contributed by atoms with Gasteiger partial charge in [-0.25, -0.2) is 8.42 Å². The Labute approximate surface area is 149 Å². The van der Waals surface area contributed by atoms with Crippen molar-refractivity contribution in [1.29, 1.82) is 0 Å². The predicted molar refractivity (Wildman–Crippen MR) is 97.6 cm³/mol. The molecule has 0 atom stereocenters. The summed E-state index contributed by atoms with van der Waals surface area (Å²) in [5.74, 6) is -0.138. The molecule has 1 aliphatic rings. The van der Waals surface area contributed by atoms with Gasteiger partial charge in [0.25, 0.3) is 0 Å². The Morgan fingerprint density at radius 3 is 2.52 bits per heavy atom. The molecule has 0 spiro atoms. The second-order valence-corrected chi connectivity index (χ2v) is 7.85. The van der Waals surface area contributed by atoms with Gasteiger partial charge in [0.1, 0.15) is 0 Å². The number of nitrogens with one attached hydrogen (secondary N) is 1. The molecule has 1 heterocycles. The SMILES string of the molecule is CCCCCNC(=O)/C=C/c1ccc(S(=O)(=O)N2CCOCC2)cc1. The molecule has 7 heteroatoms. The van der Waals surface area contributed by atoms with Gasteiger partial charge in [0, 0.05) is 25.7 Å². The number of ether oxygens (including phenoxy) is 1. The summed E-state index contributed by atoms with van der Waals surface area (Å²) >= 11 is 0. The van der Waals surface area contributed by atoms with E-state index in [1.54, 1.807) is 30.3 Å². The van der Waals surface area contributed by atoms with Crippen molar-refractivity contribution in [3.05, 3.63) is 35.9 Å². The van der Waals surface area contributed by atoms with Gasteiger partial charge >= 0.3 is 0 Å². The number of hydrogen-bond donors (Lipinski definition) is 1. The highest BCUT2D eigenvalue weighted by Crippen LogP contribution is 2.18. The zero-order valence-electron chi connectivity index (χ0n) is 14.6. The molecule has 138 valence electrons. The molecule has 0 saturated carbocycles. The van der Waals surface area contributed by atoms with E-state index in [0.29, 0.717) is 32.8 Å².